The molecule has 0 amide bonds. The van der Waals surface area contributed by atoms with E-state index in [0.717, 1.165) is 17.2 Å². The van der Waals surface area contributed by atoms with E-state index in [9.17, 15) is 8.42 Å². The lowest BCUT2D eigenvalue weighted by molar-refractivity contribution is 0.384. The molecule has 2 heterocycles. The number of hydrogen-bond donors (Lipinski definition) is 0. The normalized spacial score (nSPS) is 15.4. The van der Waals surface area contributed by atoms with Crippen molar-refractivity contribution in [3.63, 3.8) is 0 Å². The third-order valence-corrected chi connectivity index (χ3v) is 8.79. The second-order valence-corrected chi connectivity index (χ2v) is 11.3. The molecule has 0 saturated carbocycles. The molecule has 3 aromatic rings. The number of sulfonamides is 1. The van der Waals surface area contributed by atoms with Gasteiger partial charge in [-0.15, -0.1) is 11.3 Å². The zero-order valence-electron chi connectivity index (χ0n) is 17.3. The molecule has 0 aliphatic carbocycles. The summed E-state index contributed by atoms with van der Waals surface area (Å²) in [7, 11) is -3.64. The van der Waals surface area contributed by atoms with E-state index < -0.39 is 10.0 Å². The summed E-state index contributed by atoms with van der Waals surface area (Å²) >= 11 is 13.6. The molecule has 0 radical (unpaired) electrons. The summed E-state index contributed by atoms with van der Waals surface area (Å²) in [4.78, 5) is 7.10. The third kappa shape index (κ3) is 4.91. The Kier molecular flexibility index (Phi) is 6.60. The quantitative estimate of drug-likeness (QED) is 0.489. The van der Waals surface area contributed by atoms with Gasteiger partial charge in [0.15, 0.2) is 5.13 Å². The predicted molar refractivity (Wildman–Crippen MR) is 128 cm³/mol. The van der Waals surface area contributed by atoms with Gasteiger partial charge < -0.3 is 4.90 Å². The first kappa shape index (κ1) is 22.6. The summed E-state index contributed by atoms with van der Waals surface area (Å²) in [6, 6.07) is 10.7. The topological polar surface area (TPSA) is 53.5 Å². The lowest BCUT2D eigenvalue weighted by Crippen LogP contribution is -2.48. The van der Waals surface area contributed by atoms with E-state index in [-0.39, 0.29) is 4.90 Å². The van der Waals surface area contributed by atoms with Crippen LogP contribution in [0.15, 0.2) is 46.7 Å². The van der Waals surface area contributed by atoms with E-state index in [2.05, 4.69) is 42.3 Å². The van der Waals surface area contributed by atoms with Crippen molar-refractivity contribution in [1.82, 2.24) is 9.29 Å². The Hall–Kier alpha value is -1.64. The molecular formula is C22H23Cl2N3O2S2. The number of aromatic nitrogens is 1. The van der Waals surface area contributed by atoms with Gasteiger partial charge in [0.05, 0.1) is 10.6 Å². The Morgan fingerprint density at radius 3 is 2.23 bits per heavy atom. The number of anilines is 1. The summed E-state index contributed by atoms with van der Waals surface area (Å²) in [6.45, 7) is 6.20. The van der Waals surface area contributed by atoms with Crippen LogP contribution in [0.5, 0.6) is 0 Å². The number of hydrogen-bond acceptors (Lipinski definition) is 5. The van der Waals surface area contributed by atoms with Crippen molar-refractivity contribution in [3.8, 4) is 0 Å². The summed E-state index contributed by atoms with van der Waals surface area (Å²) in [5.41, 5.74) is 4.90. The Balaban J connectivity index is 1.43. The fourth-order valence-electron chi connectivity index (χ4n) is 3.78. The van der Waals surface area contributed by atoms with Crippen LogP contribution >= 0.6 is 34.5 Å². The van der Waals surface area contributed by atoms with Crippen LogP contribution in [0.1, 0.15) is 22.4 Å². The molecule has 1 saturated heterocycles. The number of benzene rings is 2. The van der Waals surface area contributed by atoms with Crippen molar-refractivity contribution in [2.75, 3.05) is 31.1 Å². The number of piperazine rings is 1. The van der Waals surface area contributed by atoms with Gasteiger partial charge in [-0.25, -0.2) is 13.4 Å². The van der Waals surface area contributed by atoms with Gasteiger partial charge in [-0.3, -0.25) is 0 Å². The van der Waals surface area contributed by atoms with Crippen molar-refractivity contribution < 1.29 is 8.42 Å². The summed E-state index contributed by atoms with van der Waals surface area (Å²) in [6.07, 6.45) is 0.804. The minimum Gasteiger partial charge on any atom is -0.345 e. The minimum absolute atomic E-state index is 0.128. The van der Waals surface area contributed by atoms with Crippen LogP contribution in [0.2, 0.25) is 10.0 Å². The Morgan fingerprint density at radius 2 is 1.61 bits per heavy atom. The van der Waals surface area contributed by atoms with Gasteiger partial charge >= 0.3 is 0 Å². The number of thiazole rings is 1. The van der Waals surface area contributed by atoms with Crippen LogP contribution in [-0.4, -0.2) is 43.9 Å². The van der Waals surface area contributed by atoms with E-state index >= 15 is 0 Å². The SMILES string of the molecule is Cc1cccc(C)c1Cc1csc(N2CCN(S(=O)(=O)c3cc(Cl)cc(Cl)c3)CC2)n1. The van der Waals surface area contributed by atoms with Crippen molar-refractivity contribution in [3.05, 3.63) is 74.2 Å². The van der Waals surface area contributed by atoms with Gasteiger partial charge in [0.1, 0.15) is 0 Å². The molecule has 0 bridgehead atoms. The second-order valence-electron chi connectivity index (χ2n) is 7.66. The Bertz CT molecular complexity index is 1160. The van der Waals surface area contributed by atoms with Gasteiger partial charge in [0.25, 0.3) is 0 Å². The van der Waals surface area contributed by atoms with Gasteiger partial charge in [-0.05, 0) is 48.7 Å². The Labute approximate surface area is 197 Å². The fraction of sp³-hybridized carbons (Fsp3) is 0.318. The summed E-state index contributed by atoms with van der Waals surface area (Å²) in [5.74, 6) is 0. The molecule has 0 N–H and O–H groups in total. The largest absolute Gasteiger partial charge is 0.345 e. The van der Waals surface area contributed by atoms with E-state index in [1.165, 1.54) is 39.2 Å². The maximum atomic E-state index is 13.0. The molecule has 1 fully saturated rings. The molecule has 164 valence electrons. The standard InChI is InChI=1S/C22H23Cl2N3O2S2/c1-15-4-3-5-16(2)21(15)13-19-14-30-22(25-19)26-6-8-27(9-7-26)31(28,29)20-11-17(23)10-18(24)12-20/h3-5,10-12,14H,6-9,13H2,1-2H3. The summed E-state index contributed by atoms with van der Waals surface area (Å²) in [5, 5.41) is 3.65. The van der Waals surface area contributed by atoms with E-state index in [0.29, 0.717) is 36.2 Å². The molecule has 4 rings (SSSR count). The maximum Gasteiger partial charge on any atom is 0.243 e. The number of halogens is 2. The molecule has 0 spiro atoms. The van der Waals surface area contributed by atoms with Gasteiger partial charge in [-0.1, -0.05) is 41.4 Å². The van der Waals surface area contributed by atoms with E-state index in [1.54, 1.807) is 11.3 Å². The zero-order valence-corrected chi connectivity index (χ0v) is 20.5. The second kappa shape index (κ2) is 9.08. The molecule has 2 aromatic carbocycles. The first-order chi connectivity index (χ1) is 14.7. The molecule has 0 unspecified atom stereocenters. The lowest BCUT2D eigenvalue weighted by Gasteiger charge is -2.33. The monoisotopic (exact) mass is 495 g/mol. The average molecular weight is 496 g/mol. The molecule has 1 aliphatic rings. The fourth-order valence-corrected chi connectivity index (χ4v) is 6.81. The van der Waals surface area contributed by atoms with Gasteiger partial charge in [-0.2, -0.15) is 4.31 Å². The number of nitrogens with zero attached hydrogens (tertiary/aromatic N) is 3. The highest BCUT2D eigenvalue weighted by Gasteiger charge is 2.30. The third-order valence-electron chi connectivity index (χ3n) is 5.52. The first-order valence-electron chi connectivity index (χ1n) is 9.95. The number of rotatable bonds is 5. The molecular weight excluding hydrogens is 473 g/mol. The van der Waals surface area contributed by atoms with Gasteiger partial charge in [0.2, 0.25) is 10.0 Å². The Morgan fingerprint density at radius 1 is 1.00 bits per heavy atom. The highest BCUT2D eigenvalue weighted by atomic mass is 35.5. The highest BCUT2D eigenvalue weighted by Crippen LogP contribution is 2.28. The van der Waals surface area contributed by atoms with Crippen molar-refractivity contribution in [2.24, 2.45) is 0 Å². The van der Waals surface area contributed by atoms with E-state index in [4.69, 9.17) is 28.2 Å². The van der Waals surface area contributed by atoms with E-state index in [1.807, 2.05) is 0 Å². The zero-order chi connectivity index (χ0) is 22.2. The van der Waals surface area contributed by atoms with Crippen LogP contribution in [0.25, 0.3) is 0 Å². The molecule has 31 heavy (non-hydrogen) atoms. The molecule has 5 nitrogen and oxygen atoms in total. The van der Waals surface area contributed by atoms with Crippen LogP contribution in [0.4, 0.5) is 5.13 Å². The minimum atomic E-state index is -3.64. The highest BCUT2D eigenvalue weighted by molar-refractivity contribution is 7.89. The predicted octanol–water partition coefficient (Wildman–Crippen LogP) is 5.17. The van der Waals surface area contributed by atoms with Crippen LogP contribution in [0, 0.1) is 13.8 Å². The van der Waals surface area contributed by atoms with Crippen molar-refractivity contribution in [1.29, 1.82) is 0 Å². The average Bonchev–Trinajstić information content (AvgIpc) is 3.19. The molecule has 1 aliphatic heterocycles. The number of aryl methyl sites for hydroxylation is 2. The lowest BCUT2D eigenvalue weighted by atomic mass is 9.99. The molecule has 0 atom stereocenters. The summed E-state index contributed by atoms with van der Waals surface area (Å²) < 4.78 is 27.4. The van der Waals surface area contributed by atoms with Crippen molar-refractivity contribution in [2.45, 2.75) is 25.2 Å². The molecule has 1 aromatic heterocycles. The molecule has 9 heteroatoms. The van der Waals surface area contributed by atoms with Gasteiger partial charge in [0, 0.05) is 48.0 Å². The van der Waals surface area contributed by atoms with Crippen molar-refractivity contribution >= 4 is 49.7 Å². The van der Waals surface area contributed by atoms with Crippen LogP contribution < -0.4 is 4.90 Å². The maximum absolute atomic E-state index is 13.0. The first-order valence-corrected chi connectivity index (χ1v) is 13.0. The van der Waals surface area contributed by atoms with Crippen LogP contribution in [-0.2, 0) is 16.4 Å². The smallest absolute Gasteiger partial charge is 0.243 e. The van der Waals surface area contributed by atoms with Crippen LogP contribution in [0.3, 0.4) is 0 Å².